The number of alkyl halides is 2. The molecule has 1 aromatic carbocycles. The van der Waals surface area contributed by atoms with Crippen molar-refractivity contribution in [1.29, 1.82) is 0 Å². The Labute approximate surface area is 269 Å². The topological polar surface area (TPSA) is 101 Å². The van der Waals surface area contributed by atoms with E-state index in [-0.39, 0.29) is 22.8 Å². The zero-order valence-electron chi connectivity index (χ0n) is 25.0. The lowest BCUT2D eigenvalue weighted by molar-refractivity contribution is -0.00990. The molecule has 0 unspecified atom stereocenters. The van der Waals surface area contributed by atoms with Crippen LogP contribution in [0.1, 0.15) is 99.7 Å². The maximum atomic E-state index is 14.7. The molecule has 2 aliphatic heterocycles. The molecule has 0 saturated heterocycles. The molecular weight excluding hydrogens is 637 g/mol. The first-order valence-corrected chi connectivity index (χ1v) is 21.1. The van der Waals surface area contributed by atoms with Crippen molar-refractivity contribution in [3.8, 4) is 0 Å². The predicted molar refractivity (Wildman–Crippen MR) is 174 cm³/mol. The zero-order chi connectivity index (χ0) is 29.9. The third-order valence-corrected chi connectivity index (χ3v) is 17.4. The number of halogens is 2. The molecule has 2 heterocycles. The Morgan fingerprint density at radius 1 is 0.614 bits per heavy atom. The van der Waals surface area contributed by atoms with E-state index in [1.54, 1.807) is 0 Å². The molecular formula is C32H42Cl2N4O4P2. The van der Waals surface area contributed by atoms with Crippen LogP contribution >= 0.6 is 38.2 Å². The molecule has 8 saturated carbocycles. The monoisotopic (exact) mass is 678 g/mol. The van der Waals surface area contributed by atoms with Crippen LogP contribution in [0.3, 0.4) is 0 Å². The Hall–Kier alpha value is -0.880. The van der Waals surface area contributed by atoms with Crippen molar-refractivity contribution in [1.82, 2.24) is 10.2 Å². The average molecular weight is 680 g/mol. The minimum Gasteiger partial charge on any atom is -0.416 e. The second kappa shape index (κ2) is 10.3. The van der Waals surface area contributed by atoms with Crippen molar-refractivity contribution < 1.29 is 18.2 Å². The summed E-state index contributed by atoms with van der Waals surface area (Å²) in [6.45, 7) is 0. The van der Waals surface area contributed by atoms with Crippen LogP contribution in [0.25, 0.3) is 0 Å². The second-order valence-electron chi connectivity index (χ2n) is 15.7. The van der Waals surface area contributed by atoms with Gasteiger partial charge in [-0.1, -0.05) is 24.3 Å². The first-order chi connectivity index (χ1) is 21.1. The summed E-state index contributed by atoms with van der Waals surface area (Å²) in [4.78, 5) is 9.46. The number of hydrogen-bond donors (Lipinski definition) is 2. The maximum absolute atomic E-state index is 14.7. The van der Waals surface area contributed by atoms with Crippen LogP contribution in [0, 0.1) is 35.5 Å². The van der Waals surface area contributed by atoms with Crippen molar-refractivity contribution in [2.75, 3.05) is 11.8 Å². The predicted octanol–water partition coefficient (Wildman–Crippen LogP) is 8.52. The molecule has 0 spiro atoms. The number of aliphatic imine (C=N–C) groups is 2. The number of rotatable bonds is 8. The highest BCUT2D eigenvalue weighted by Crippen LogP contribution is 2.68. The van der Waals surface area contributed by atoms with Gasteiger partial charge in [0.1, 0.15) is 0 Å². The average Bonchev–Trinajstić information content (AvgIpc) is 3.46. The van der Waals surface area contributed by atoms with Crippen molar-refractivity contribution in [3.05, 3.63) is 35.4 Å². The van der Waals surface area contributed by atoms with E-state index in [2.05, 4.69) is 10.2 Å². The van der Waals surface area contributed by atoms with Crippen LogP contribution < -0.4 is 10.2 Å². The third-order valence-electron chi connectivity index (χ3n) is 12.3. The van der Waals surface area contributed by atoms with Gasteiger partial charge >= 0.3 is 15.0 Å². The number of nitrogens with zero attached hydrogens (tertiary/aromatic N) is 2. The van der Waals surface area contributed by atoms with Gasteiger partial charge in [-0.2, -0.15) is 0 Å². The summed E-state index contributed by atoms with van der Waals surface area (Å²) in [6.07, 6.45) is 14.2. The molecule has 8 aliphatic carbocycles. The summed E-state index contributed by atoms with van der Waals surface area (Å²) >= 11 is 12.4. The van der Waals surface area contributed by atoms with Gasteiger partial charge in [-0.05, 0) is 124 Å². The summed E-state index contributed by atoms with van der Waals surface area (Å²) in [5.41, 5.74) is 1.28. The first-order valence-electron chi connectivity index (χ1n) is 16.7. The normalized spacial score (nSPS) is 49.6. The fourth-order valence-corrected chi connectivity index (χ4v) is 17.1. The molecule has 0 radical (unpaired) electrons. The van der Waals surface area contributed by atoms with Crippen LogP contribution in [0.2, 0.25) is 0 Å². The Kier molecular flexibility index (Phi) is 6.86. The molecule has 0 amide bonds. The second-order valence-corrected chi connectivity index (χ2v) is 20.4. The summed E-state index contributed by atoms with van der Waals surface area (Å²) < 4.78 is 41.5. The molecule has 1 aromatic rings. The Bertz CT molecular complexity index is 1330. The lowest BCUT2D eigenvalue weighted by Gasteiger charge is -2.57. The molecule has 0 aromatic heterocycles. The molecule has 11 rings (SSSR count). The van der Waals surface area contributed by atoms with Crippen LogP contribution in [0.5, 0.6) is 0 Å². The SMILES string of the molecule is O=[P@]1(NC23CC4CC(CC(C4)C2)C3)OC(CCl)=N[C@@H]1c1ccc([C@@H]2N=C(CCl)O[P@@]2(=O)NC23CC4CC(CC(C4)C2)C3)cc1. The smallest absolute Gasteiger partial charge is 0.346 e. The molecule has 12 heteroatoms. The fraction of sp³-hybridized carbons (Fsp3) is 0.750. The van der Waals surface area contributed by atoms with Crippen LogP contribution in [-0.2, 0) is 18.2 Å². The molecule has 238 valence electrons. The highest BCUT2D eigenvalue weighted by Gasteiger charge is 2.58. The Balaban J connectivity index is 0.987. The lowest BCUT2D eigenvalue weighted by atomic mass is 9.53. The minimum atomic E-state index is -3.42. The maximum Gasteiger partial charge on any atom is 0.346 e. The van der Waals surface area contributed by atoms with E-state index < -0.39 is 26.6 Å². The summed E-state index contributed by atoms with van der Waals surface area (Å²) in [6, 6.07) is 7.73. The highest BCUT2D eigenvalue weighted by molar-refractivity contribution is 7.58. The molecule has 8 bridgehead atoms. The third kappa shape index (κ3) is 4.83. The number of nitrogens with one attached hydrogen (secondary N) is 2. The van der Waals surface area contributed by atoms with Gasteiger partial charge in [-0.3, -0.25) is 9.13 Å². The van der Waals surface area contributed by atoms with E-state index in [0.29, 0.717) is 47.3 Å². The first kappa shape index (κ1) is 29.3. The summed E-state index contributed by atoms with van der Waals surface area (Å²) in [5.74, 6) is 3.74. The summed E-state index contributed by atoms with van der Waals surface area (Å²) in [7, 11) is -6.84. The van der Waals surface area contributed by atoms with E-state index >= 15 is 0 Å². The minimum absolute atomic E-state index is 0.0790. The van der Waals surface area contributed by atoms with Gasteiger partial charge in [0.15, 0.2) is 11.6 Å². The molecule has 2 N–H and O–H groups in total. The van der Waals surface area contributed by atoms with Gasteiger partial charge in [0, 0.05) is 11.1 Å². The summed E-state index contributed by atoms with van der Waals surface area (Å²) in [5, 5.41) is 7.26. The molecule has 10 aliphatic rings. The van der Waals surface area contributed by atoms with E-state index in [9.17, 15) is 9.13 Å². The van der Waals surface area contributed by atoms with Crippen molar-refractivity contribution in [3.63, 3.8) is 0 Å². The highest BCUT2D eigenvalue weighted by atomic mass is 35.5. The van der Waals surface area contributed by atoms with Crippen LogP contribution in [0.15, 0.2) is 34.3 Å². The van der Waals surface area contributed by atoms with E-state index in [1.165, 1.54) is 38.5 Å². The van der Waals surface area contributed by atoms with Gasteiger partial charge in [0.05, 0.1) is 11.8 Å². The van der Waals surface area contributed by atoms with Gasteiger partial charge in [0.25, 0.3) is 0 Å². The Morgan fingerprint density at radius 2 is 0.909 bits per heavy atom. The van der Waals surface area contributed by atoms with Crippen molar-refractivity contribution in [2.24, 2.45) is 45.5 Å². The van der Waals surface area contributed by atoms with Gasteiger partial charge in [-0.15, -0.1) is 23.2 Å². The van der Waals surface area contributed by atoms with Gasteiger partial charge in [-0.25, -0.2) is 20.2 Å². The Morgan fingerprint density at radius 3 is 1.18 bits per heavy atom. The van der Waals surface area contributed by atoms with E-state index in [0.717, 1.165) is 49.7 Å². The van der Waals surface area contributed by atoms with Gasteiger partial charge in [0.2, 0.25) is 11.8 Å². The zero-order valence-corrected chi connectivity index (χ0v) is 28.3. The number of benzene rings is 1. The van der Waals surface area contributed by atoms with E-state index in [1.807, 2.05) is 24.3 Å². The van der Waals surface area contributed by atoms with Crippen molar-refractivity contribution >= 4 is 50.0 Å². The fourth-order valence-electron chi connectivity index (χ4n) is 11.7. The molecule has 44 heavy (non-hydrogen) atoms. The largest absolute Gasteiger partial charge is 0.416 e. The standard InChI is InChI=1S/C32H42Cl2N4O4P2/c33-17-27-35-29(43(39,41-27)37-31-11-19-5-20(12-31)7-21(6-19)13-31)25-1-2-26(4-3-25)30-36-28(18-34)42-44(30,40)38-32-14-22-8-23(15-32)10-24(9-22)16-32/h1-4,19-24,29-30H,5-18H2,(H,37,39)(H,38,40)/t19?,20?,21?,22?,23?,24?,29-,30+,31?,32?,43-,44+. The van der Waals surface area contributed by atoms with Crippen molar-refractivity contribution in [2.45, 2.75) is 99.7 Å². The van der Waals surface area contributed by atoms with E-state index in [4.69, 9.17) is 42.2 Å². The van der Waals surface area contributed by atoms with Crippen LogP contribution in [0.4, 0.5) is 0 Å². The quantitative estimate of drug-likeness (QED) is 0.211. The molecule has 8 nitrogen and oxygen atoms in total. The lowest BCUT2D eigenvalue weighted by Crippen LogP contribution is -2.57. The van der Waals surface area contributed by atoms with Gasteiger partial charge < -0.3 is 9.05 Å². The molecule has 8 fully saturated rings. The number of hydrogen-bond acceptors (Lipinski definition) is 6. The van der Waals surface area contributed by atoms with Crippen LogP contribution in [-0.4, -0.2) is 34.6 Å². The molecule has 4 atom stereocenters.